The minimum Gasteiger partial charge on any atom is -0.293 e. The highest BCUT2D eigenvalue weighted by atomic mass is 32.2. The zero-order valence-corrected chi connectivity index (χ0v) is 13.6. The quantitative estimate of drug-likeness (QED) is 0.515. The third-order valence-electron chi connectivity index (χ3n) is 3.51. The minimum atomic E-state index is 0.0976. The number of hydrogen-bond acceptors (Lipinski definition) is 4. The first-order chi connectivity index (χ1) is 11.2. The van der Waals surface area contributed by atoms with Gasteiger partial charge in [0.25, 0.3) is 0 Å². The summed E-state index contributed by atoms with van der Waals surface area (Å²) in [4.78, 5) is 12.1. The van der Waals surface area contributed by atoms with Crippen molar-refractivity contribution in [1.29, 1.82) is 0 Å². The van der Waals surface area contributed by atoms with Gasteiger partial charge in [0.1, 0.15) is 5.03 Å². The monoisotopic (exact) mass is 320 g/mol. The lowest BCUT2D eigenvalue weighted by Gasteiger charge is -2.05. The van der Waals surface area contributed by atoms with E-state index in [-0.39, 0.29) is 5.78 Å². The summed E-state index contributed by atoms with van der Waals surface area (Å²) in [7, 11) is 0. The Morgan fingerprint density at radius 2 is 1.65 bits per heavy atom. The van der Waals surface area contributed by atoms with E-state index in [0.29, 0.717) is 5.75 Å². The number of hydrogen-bond donors (Lipinski definition) is 0. The third-order valence-corrected chi connectivity index (χ3v) is 4.43. The standard InChI is InChI=1S/C19H16N2OS/c1-14-7-5-6-10-16(14)17-11-12-19(21-20-17)23-13-18(22)15-8-3-2-4-9-15/h2-12H,13H2,1H3. The molecule has 2 aromatic carbocycles. The Morgan fingerprint density at radius 1 is 0.913 bits per heavy atom. The first kappa shape index (κ1) is 15.4. The van der Waals surface area contributed by atoms with Crippen LogP contribution in [0.3, 0.4) is 0 Å². The first-order valence-corrected chi connectivity index (χ1v) is 8.33. The van der Waals surface area contributed by atoms with Gasteiger partial charge in [-0.15, -0.1) is 10.2 Å². The average Bonchev–Trinajstić information content (AvgIpc) is 2.61. The van der Waals surface area contributed by atoms with Crippen molar-refractivity contribution in [2.45, 2.75) is 11.9 Å². The van der Waals surface area contributed by atoms with Crippen LogP contribution < -0.4 is 0 Å². The molecule has 0 aliphatic heterocycles. The number of carbonyl (C=O) groups is 1. The van der Waals surface area contributed by atoms with Crippen LogP contribution in [0.4, 0.5) is 0 Å². The molecule has 0 amide bonds. The van der Waals surface area contributed by atoms with Crippen LogP contribution in [0.15, 0.2) is 71.8 Å². The van der Waals surface area contributed by atoms with Crippen LogP contribution in [0.2, 0.25) is 0 Å². The topological polar surface area (TPSA) is 42.9 Å². The Bertz CT molecular complexity index is 801. The normalized spacial score (nSPS) is 10.5. The molecule has 0 saturated heterocycles. The van der Waals surface area contributed by atoms with E-state index in [0.717, 1.165) is 21.8 Å². The summed E-state index contributed by atoms with van der Waals surface area (Å²) in [6, 6.07) is 21.2. The maximum absolute atomic E-state index is 12.1. The van der Waals surface area contributed by atoms with Crippen molar-refractivity contribution in [2.75, 3.05) is 5.75 Å². The molecule has 0 atom stereocenters. The van der Waals surface area contributed by atoms with Gasteiger partial charge in [-0.1, -0.05) is 66.4 Å². The number of thioether (sulfide) groups is 1. The van der Waals surface area contributed by atoms with Crippen molar-refractivity contribution in [2.24, 2.45) is 0 Å². The highest BCUT2D eigenvalue weighted by molar-refractivity contribution is 7.99. The Morgan fingerprint density at radius 3 is 2.35 bits per heavy atom. The fraction of sp³-hybridized carbons (Fsp3) is 0.105. The molecule has 3 rings (SSSR count). The minimum absolute atomic E-state index is 0.0976. The van der Waals surface area contributed by atoms with Crippen LogP contribution in [0, 0.1) is 6.92 Å². The van der Waals surface area contributed by atoms with Crippen molar-refractivity contribution in [3.8, 4) is 11.3 Å². The number of ketones is 1. The summed E-state index contributed by atoms with van der Waals surface area (Å²) in [6.45, 7) is 2.05. The molecule has 0 N–H and O–H groups in total. The molecule has 0 aliphatic rings. The second-order valence-electron chi connectivity index (χ2n) is 5.15. The van der Waals surface area contributed by atoms with Crippen molar-refractivity contribution in [3.63, 3.8) is 0 Å². The Labute approximate surface area is 139 Å². The van der Waals surface area contributed by atoms with E-state index in [9.17, 15) is 4.79 Å². The number of nitrogens with zero attached hydrogens (tertiary/aromatic N) is 2. The molecule has 1 aromatic heterocycles. The molecule has 0 saturated carbocycles. The smallest absolute Gasteiger partial charge is 0.173 e. The van der Waals surface area contributed by atoms with Crippen molar-refractivity contribution >= 4 is 17.5 Å². The second-order valence-corrected chi connectivity index (χ2v) is 6.15. The van der Waals surface area contributed by atoms with Crippen molar-refractivity contribution in [3.05, 3.63) is 77.9 Å². The Balaban J connectivity index is 1.66. The number of Topliss-reactive ketones (excluding diaryl/α,β-unsaturated/α-hetero) is 1. The molecule has 1 heterocycles. The number of aromatic nitrogens is 2. The van der Waals surface area contributed by atoms with Crippen LogP contribution in [-0.4, -0.2) is 21.7 Å². The lowest BCUT2D eigenvalue weighted by molar-refractivity contribution is 0.102. The first-order valence-electron chi connectivity index (χ1n) is 7.35. The molecule has 0 aliphatic carbocycles. The molecule has 114 valence electrons. The van der Waals surface area contributed by atoms with Gasteiger partial charge in [-0.05, 0) is 24.6 Å². The number of aryl methyl sites for hydroxylation is 1. The van der Waals surface area contributed by atoms with Crippen LogP contribution in [0.25, 0.3) is 11.3 Å². The fourth-order valence-electron chi connectivity index (χ4n) is 2.25. The Hall–Kier alpha value is -2.46. The average molecular weight is 320 g/mol. The van der Waals surface area contributed by atoms with Crippen LogP contribution >= 0.6 is 11.8 Å². The molecule has 4 heteroatoms. The summed E-state index contributed by atoms with van der Waals surface area (Å²) in [6.07, 6.45) is 0. The van der Waals surface area contributed by atoms with Crippen LogP contribution in [0.1, 0.15) is 15.9 Å². The summed E-state index contributed by atoms with van der Waals surface area (Å²) in [5, 5.41) is 9.26. The van der Waals surface area contributed by atoms with Gasteiger partial charge in [0.2, 0.25) is 0 Å². The molecule has 0 unspecified atom stereocenters. The molecular weight excluding hydrogens is 304 g/mol. The molecule has 3 nitrogen and oxygen atoms in total. The third kappa shape index (κ3) is 3.85. The van der Waals surface area contributed by atoms with Gasteiger partial charge >= 0.3 is 0 Å². The number of carbonyl (C=O) groups excluding carboxylic acids is 1. The van der Waals surface area contributed by atoms with E-state index in [1.807, 2.05) is 60.7 Å². The fourth-order valence-corrected chi connectivity index (χ4v) is 2.96. The highest BCUT2D eigenvalue weighted by Crippen LogP contribution is 2.22. The summed E-state index contributed by atoms with van der Waals surface area (Å²) >= 11 is 1.41. The maximum Gasteiger partial charge on any atom is 0.173 e. The van der Waals surface area contributed by atoms with Crippen molar-refractivity contribution < 1.29 is 4.79 Å². The van der Waals surface area contributed by atoms with E-state index in [2.05, 4.69) is 23.2 Å². The van der Waals surface area contributed by atoms with Gasteiger partial charge in [-0.3, -0.25) is 4.79 Å². The van der Waals surface area contributed by atoms with Crippen LogP contribution in [-0.2, 0) is 0 Å². The molecule has 0 bridgehead atoms. The SMILES string of the molecule is Cc1ccccc1-c1ccc(SCC(=O)c2ccccc2)nn1. The van der Waals surface area contributed by atoms with Gasteiger partial charge in [0, 0.05) is 11.1 Å². The molecule has 3 aromatic rings. The Kier molecular flexibility index (Phi) is 4.83. The molecular formula is C19H16N2OS. The van der Waals surface area contributed by atoms with Gasteiger partial charge in [-0.2, -0.15) is 0 Å². The van der Waals surface area contributed by atoms with E-state index in [1.165, 1.54) is 17.3 Å². The zero-order valence-electron chi connectivity index (χ0n) is 12.8. The van der Waals surface area contributed by atoms with E-state index in [1.54, 1.807) is 0 Å². The highest BCUT2D eigenvalue weighted by Gasteiger charge is 2.08. The summed E-state index contributed by atoms with van der Waals surface area (Å²) in [5.41, 5.74) is 3.82. The molecule has 0 fully saturated rings. The largest absolute Gasteiger partial charge is 0.293 e. The van der Waals surface area contributed by atoms with Crippen LogP contribution in [0.5, 0.6) is 0 Å². The maximum atomic E-state index is 12.1. The van der Waals surface area contributed by atoms with E-state index >= 15 is 0 Å². The van der Waals surface area contributed by atoms with Crippen molar-refractivity contribution in [1.82, 2.24) is 10.2 Å². The predicted molar refractivity (Wildman–Crippen MR) is 93.7 cm³/mol. The zero-order chi connectivity index (χ0) is 16.1. The van der Waals surface area contributed by atoms with E-state index < -0.39 is 0 Å². The molecule has 0 radical (unpaired) electrons. The summed E-state index contributed by atoms with van der Waals surface area (Å²) in [5.74, 6) is 0.461. The molecule has 23 heavy (non-hydrogen) atoms. The summed E-state index contributed by atoms with van der Waals surface area (Å²) < 4.78 is 0. The van der Waals surface area contributed by atoms with Gasteiger partial charge in [-0.25, -0.2) is 0 Å². The molecule has 0 spiro atoms. The lowest BCUT2D eigenvalue weighted by atomic mass is 10.1. The van der Waals surface area contributed by atoms with E-state index in [4.69, 9.17) is 0 Å². The lowest BCUT2D eigenvalue weighted by Crippen LogP contribution is -2.02. The number of rotatable bonds is 5. The van der Waals surface area contributed by atoms with Gasteiger partial charge in [0.15, 0.2) is 5.78 Å². The van der Waals surface area contributed by atoms with Gasteiger partial charge < -0.3 is 0 Å². The second kappa shape index (κ2) is 7.20. The van der Waals surface area contributed by atoms with Gasteiger partial charge in [0.05, 0.1) is 11.4 Å². The number of benzene rings is 2. The predicted octanol–water partition coefficient (Wildman–Crippen LogP) is 4.43.